The molecule has 0 aliphatic carbocycles. The number of nitrogens with zero attached hydrogens (tertiary/aromatic N) is 4. The van der Waals surface area contributed by atoms with E-state index in [0.29, 0.717) is 32.9 Å². The van der Waals surface area contributed by atoms with E-state index < -0.39 is 41.7 Å². The first-order valence-electron chi connectivity index (χ1n) is 16.5. The summed E-state index contributed by atoms with van der Waals surface area (Å²) in [5.41, 5.74) is 2.96. The number of halogens is 1. The van der Waals surface area contributed by atoms with E-state index in [1.165, 1.54) is 0 Å². The van der Waals surface area contributed by atoms with Crippen LogP contribution in [0.2, 0.25) is 0 Å². The number of carbonyl (C=O) groups is 2. The number of aryl methyl sites for hydroxylation is 1. The zero-order chi connectivity index (χ0) is 36.8. The number of nitrogens with one attached hydrogen (secondary N) is 2. The first kappa shape index (κ1) is 37.1. The average Bonchev–Trinajstić information content (AvgIpc) is 3.61. The van der Waals surface area contributed by atoms with Crippen molar-refractivity contribution in [2.24, 2.45) is 7.05 Å². The molecule has 2 aromatic heterocycles. The predicted octanol–water partition coefficient (Wildman–Crippen LogP) is 7.83. The molecule has 50 heavy (non-hydrogen) atoms. The summed E-state index contributed by atoms with van der Waals surface area (Å²) in [6.07, 6.45) is 0.811. The molecule has 2 N–H and O–H groups in total. The van der Waals surface area contributed by atoms with E-state index in [9.17, 15) is 9.59 Å². The van der Waals surface area contributed by atoms with Crippen LogP contribution in [-0.4, -0.2) is 61.7 Å². The lowest BCUT2D eigenvalue weighted by molar-refractivity contribution is 0.00578. The van der Waals surface area contributed by atoms with Crippen LogP contribution in [0.25, 0.3) is 22.5 Å². The fourth-order valence-electron chi connectivity index (χ4n) is 5.26. The number of aromatic nitrogens is 4. The molecule has 2 amide bonds. The Morgan fingerprint density at radius 1 is 0.940 bits per heavy atom. The van der Waals surface area contributed by atoms with Crippen molar-refractivity contribution in [2.45, 2.75) is 98.2 Å². The van der Waals surface area contributed by atoms with Crippen LogP contribution < -0.4 is 15.7 Å². The highest BCUT2D eigenvalue weighted by atomic mass is 79.9. The number of hydrogen-bond donors (Lipinski definition) is 2. The second-order valence-corrected chi connectivity index (χ2v) is 16.2. The van der Waals surface area contributed by atoms with Gasteiger partial charge >= 0.3 is 19.3 Å². The maximum absolute atomic E-state index is 13.8. The van der Waals surface area contributed by atoms with Crippen molar-refractivity contribution in [3.8, 4) is 22.5 Å². The van der Waals surface area contributed by atoms with Crippen LogP contribution in [-0.2, 0) is 32.4 Å². The van der Waals surface area contributed by atoms with Crippen molar-refractivity contribution < 1.29 is 28.4 Å². The van der Waals surface area contributed by atoms with Crippen LogP contribution >= 0.6 is 15.9 Å². The van der Waals surface area contributed by atoms with E-state index >= 15 is 0 Å². The third-order valence-corrected chi connectivity index (χ3v) is 9.14. The highest BCUT2D eigenvalue weighted by Crippen LogP contribution is 2.38. The number of rotatable bonds is 7. The maximum atomic E-state index is 13.8. The fraction of sp³-hybridized carbons (Fsp3) is 0.444. The normalized spacial score (nSPS) is 15.6. The largest absolute Gasteiger partial charge is 0.498 e. The maximum Gasteiger partial charge on any atom is 0.498 e. The molecule has 4 aromatic rings. The Kier molecular flexibility index (Phi) is 10.0. The van der Waals surface area contributed by atoms with Crippen molar-refractivity contribution in [3.05, 3.63) is 64.9 Å². The zero-order valence-electron chi connectivity index (χ0n) is 30.6. The molecule has 5 rings (SSSR count). The molecule has 0 atom stereocenters. The number of anilines is 2. The van der Waals surface area contributed by atoms with Crippen molar-refractivity contribution in [3.63, 3.8) is 0 Å². The lowest BCUT2D eigenvalue weighted by atomic mass is 9.78. The molecule has 0 saturated carbocycles. The number of benzene rings is 2. The van der Waals surface area contributed by atoms with Gasteiger partial charge in [-0.2, -0.15) is 10.2 Å². The summed E-state index contributed by atoms with van der Waals surface area (Å²) in [7, 11) is 1.23. The Labute approximate surface area is 302 Å². The standard InChI is InChI=1S/C36H46BBrN6O6/c1-33(2,3)47-31(45)39-24-16-12-14-22(18-24)30-28(38)27(40-41-30)21-44(32(46)48-34(4,5)6)25-17-13-15-23(19-25)29-26(20-43(11)42-29)37-49-35(7,8)36(9,10)50-37/h12-20H,21H2,1-11H3,(H,39,45)(H,40,41). The molecule has 14 heteroatoms. The summed E-state index contributed by atoms with van der Waals surface area (Å²) >= 11 is 3.71. The highest BCUT2D eigenvalue weighted by molar-refractivity contribution is 9.10. The van der Waals surface area contributed by atoms with E-state index in [1.54, 1.807) is 42.5 Å². The molecular weight excluding hydrogens is 703 g/mol. The number of aromatic amines is 1. The minimum absolute atomic E-state index is 0.105. The van der Waals surface area contributed by atoms with Gasteiger partial charge in [0.1, 0.15) is 16.9 Å². The van der Waals surface area contributed by atoms with Gasteiger partial charge < -0.3 is 18.8 Å². The van der Waals surface area contributed by atoms with E-state index in [2.05, 4.69) is 31.4 Å². The molecule has 12 nitrogen and oxygen atoms in total. The molecule has 1 fully saturated rings. The Morgan fingerprint density at radius 2 is 1.54 bits per heavy atom. The molecule has 0 spiro atoms. The van der Waals surface area contributed by atoms with Gasteiger partial charge in [-0.15, -0.1) is 0 Å². The van der Waals surface area contributed by atoms with Gasteiger partial charge in [0, 0.05) is 41.2 Å². The van der Waals surface area contributed by atoms with E-state index in [0.717, 1.165) is 16.6 Å². The van der Waals surface area contributed by atoms with E-state index in [1.807, 2.05) is 98.1 Å². The number of ether oxygens (including phenoxy) is 2. The summed E-state index contributed by atoms with van der Waals surface area (Å²) in [5, 5.41) is 15.2. The molecule has 0 radical (unpaired) electrons. The third-order valence-electron chi connectivity index (χ3n) is 8.28. The quantitative estimate of drug-likeness (QED) is 0.183. The molecule has 3 heterocycles. The van der Waals surface area contributed by atoms with Crippen molar-refractivity contribution in [2.75, 3.05) is 10.2 Å². The SMILES string of the molecule is Cn1cc(B2OC(C)(C)C(C)(C)O2)c(-c2cccc(N(Cc3[nH]nc(-c4cccc(NC(=O)OC(C)(C)C)c4)c3Br)C(=O)OC(C)(C)C)c2)n1. The summed E-state index contributed by atoms with van der Waals surface area (Å²) < 4.78 is 26.4. The van der Waals surface area contributed by atoms with Gasteiger partial charge in [-0.05, 0) is 109 Å². The Morgan fingerprint density at radius 3 is 2.16 bits per heavy atom. The third kappa shape index (κ3) is 8.42. The first-order chi connectivity index (χ1) is 23.1. The van der Waals surface area contributed by atoms with Crippen molar-refractivity contribution >= 4 is 52.1 Å². The predicted molar refractivity (Wildman–Crippen MR) is 198 cm³/mol. The van der Waals surface area contributed by atoms with Gasteiger partial charge in [0.15, 0.2) is 0 Å². The lowest BCUT2D eigenvalue weighted by Gasteiger charge is -2.32. The minimum Gasteiger partial charge on any atom is -0.444 e. The summed E-state index contributed by atoms with van der Waals surface area (Å²) in [6, 6.07) is 14.8. The molecule has 2 aromatic carbocycles. The van der Waals surface area contributed by atoms with Gasteiger partial charge in [0.25, 0.3) is 0 Å². The topological polar surface area (TPSA) is 133 Å². The Balaban J connectivity index is 1.46. The Bertz CT molecular complexity index is 1870. The average molecular weight is 750 g/mol. The van der Waals surface area contributed by atoms with Gasteiger partial charge in [0.2, 0.25) is 0 Å². The number of hydrogen-bond acceptors (Lipinski definition) is 8. The highest BCUT2D eigenvalue weighted by Gasteiger charge is 2.53. The summed E-state index contributed by atoms with van der Waals surface area (Å²) in [5.74, 6) is 0. The molecule has 266 valence electrons. The number of H-pyrrole nitrogens is 1. The molecule has 0 unspecified atom stereocenters. The second kappa shape index (κ2) is 13.5. The second-order valence-electron chi connectivity index (χ2n) is 15.4. The van der Waals surface area contributed by atoms with Crippen LogP contribution in [0, 0.1) is 0 Å². The molecule has 0 bridgehead atoms. The summed E-state index contributed by atoms with van der Waals surface area (Å²) in [6.45, 7) is 19.1. The minimum atomic E-state index is -0.740. The monoisotopic (exact) mass is 748 g/mol. The number of amides is 2. The first-order valence-corrected chi connectivity index (χ1v) is 17.2. The van der Waals surface area contributed by atoms with Crippen LogP contribution in [0.1, 0.15) is 74.9 Å². The van der Waals surface area contributed by atoms with E-state index in [-0.39, 0.29) is 6.54 Å². The molecule has 1 aliphatic rings. The van der Waals surface area contributed by atoms with Gasteiger partial charge in [-0.25, -0.2) is 9.59 Å². The van der Waals surface area contributed by atoms with Crippen molar-refractivity contribution in [1.29, 1.82) is 0 Å². The van der Waals surface area contributed by atoms with Crippen molar-refractivity contribution in [1.82, 2.24) is 20.0 Å². The van der Waals surface area contributed by atoms with Crippen LogP contribution in [0.3, 0.4) is 0 Å². The fourth-order valence-corrected chi connectivity index (χ4v) is 5.79. The smallest absolute Gasteiger partial charge is 0.444 e. The van der Waals surface area contributed by atoms with Crippen LogP contribution in [0.15, 0.2) is 59.2 Å². The molecule has 1 aliphatic heterocycles. The Hall–Kier alpha value is -4.14. The molecular formula is C36H46BBrN6O6. The number of carbonyl (C=O) groups excluding carboxylic acids is 2. The van der Waals surface area contributed by atoms with Gasteiger partial charge in [-0.1, -0.05) is 24.3 Å². The van der Waals surface area contributed by atoms with Gasteiger partial charge in [-0.3, -0.25) is 20.0 Å². The zero-order valence-corrected chi connectivity index (χ0v) is 32.2. The van der Waals surface area contributed by atoms with Gasteiger partial charge in [0.05, 0.1) is 33.6 Å². The summed E-state index contributed by atoms with van der Waals surface area (Å²) in [4.78, 5) is 27.7. The van der Waals surface area contributed by atoms with Crippen LogP contribution in [0.4, 0.5) is 21.0 Å². The van der Waals surface area contributed by atoms with E-state index in [4.69, 9.17) is 23.9 Å². The van der Waals surface area contributed by atoms with Crippen LogP contribution in [0.5, 0.6) is 0 Å². The molecule has 1 saturated heterocycles. The lowest BCUT2D eigenvalue weighted by Crippen LogP contribution is -2.41.